The topological polar surface area (TPSA) is 76.1 Å². The molecule has 1 aliphatic heterocycles. The van der Waals surface area contributed by atoms with E-state index in [1.165, 1.54) is 11.5 Å². The van der Waals surface area contributed by atoms with Crippen molar-refractivity contribution >= 4 is 34.8 Å². The van der Waals surface area contributed by atoms with Gasteiger partial charge in [-0.1, -0.05) is 18.3 Å². The van der Waals surface area contributed by atoms with Crippen molar-refractivity contribution in [2.24, 2.45) is 5.92 Å². The lowest BCUT2D eigenvalue weighted by molar-refractivity contribution is -0.140. The van der Waals surface area contributed by atoms with Crippen molar-refractivity contribution in [2.75, 3.05) is 6.61 Å². The SMILES string of the molecule is CC1=C(C(=O)OCC(C)C)[C@@H](c2csnn2)NC(=S)N1. The molecule has 0 amide bonds. The minimum atomic E-state index is -0.415. The lowest BCUT2D eigenvalue weighted by atomic mass is 10.0. The van der Waals surface area contributed by atoms with E-state index in [9.17, 15) is 4.79 Å². The average Bonchev–Trinajstić information content (AvgIpc) is 2.88. The molecule has 0 spiro atoms. The van der Waals surface area contributed by atoms with Gasteiger partial charge in [0, 0.05) is 11.1 Å². The van der Waals surface area contributed by atoms with Crippen LogP contribution in [0, 0.1) is 5.92 Å². The second kappa shape index (κ2) is 6.27. The predicted octanol–water partition coefficient (Wildman–Crippen LogP) is 1.53. The first-order valence-electron chi connectivity index (χ1n) is 6.21. The molecule has 0 saturated carbocycles. The van der Waals surface area contributed by atoms with Crippen LogP contribution in [0.15, 0.2) is 16.7 Å². The summed E-state index contributed by atoms with van der Waals surface area (Å²) in [4.78, 5) is 12.3. The zero-order valence-corrected chi connectivity index (χ0v) is 13.1. The summed E-state index contributed by atoms with van der Waals surface area (Å²) in [6.07, 6.45) is 0. The number of nitrogens with one attached hydrogen (secondary N) is 2. The molecule has 20 heavy (non-hydrogen) atoms. The van der Waals surface area contributed by atoms with Crippen LogP contribution in [0.2, 0.25) is 0 Å². The van der Waals surface area contributed by atoms with Gasteiger partial charge < -0.3 is 15.4 Å². The van der Waals surface area contributed by atoms with Crippen LogP contribution in [0.3, 0.4) is 0 Å². The Balaban J connectivity index is 2.27. The highest BCUT2D eigenvalue weighted by Crippen LogP contribution is 2.26. The molecule has 1 atom stereocenters. The standard InChI is InChI=1S/C12H16N4O2S2/c1-6(2)4-18-11(17)9-7(3)13-12(19)14-10(9)8-5-20-16-15-8/h5-6,10H,4H2,1-3H3,(H2,13,14,19)/t10-/m1/s1. The van der Waals surface area contributed by atoms with Crippen molar-refractivity contribution < 1.29 is 9.53 Å². The summed E-state index contributed by atoms with van der Waals surface area (Å²) in [5.41, 5.74) is 1.84. The van der Waals surface area contributed by atoms with Crippen LogP contribution in [0.5, 0.6) is 0 Å². The van der Waals surface area contributed by atoms with Gasteiger partial charge in [0.25, 0.3) is 0 Å². The zero-order valence-electron chi connectivity index (χ0n) is 11.5. The molecule has 0 bridgehead atoms. The molecule has 0 aromatic carbocycles. The highest BCUT2D eigenvalue weighted by molar-refractivity contribution is 7.80. The number of carbonyl (C=O) groups is 1. The smallest absolute Gasteiger partial charge is 0.338 e. The lowest BCUT2D eigenvalue weighted by Crippen LogP contribution is -2.45. The molecule has 1 aromatic rings. The number of ether oxygens (including phenoxy) is 1. The van der Waals surface area contributed by atoms with Crippen molar-refractivity contribution in [3.63, 3.8) is 0 Å². The maximum Gasteiger partial charge on any atom is 0.338 e. The number of thiocarbonyl (C=S) groups is 1. The van der Waals surface area contributed by atoms with Gasteiger partial charge in [0.05, 0.1) is 12.2 Å². The Morgan fingerprint density at radius 1 is 1.60 bits per heavy atom. The van der Waals surface area contributed by atoms with E-state index in [0.29, 0.717) is 28.7 Å². The zero-order chi connectivity index (χ0) is 14.7. The van der Waals surface area contributed by atoms with Crippen molar-refractivity contribution in [3.8, 4) is 0 Å². The van der Waals surface area contributed by atoms with Gasteiger partial charge in [-0.15, -0.1) is 5.10 Å². The third kappa shape index (κ3) is 3.31. The van der Waals surface area contributed by atoms with Crippen molar-refractivity contribution in [1.82, 2.24) is 20.2 Å². The predicted molar refractivity (Wildman–Crippen MR) is 80.0 cm³/mol. The fraction of sp³-hybridized carbons (Fsp3) is 0.500. The summed E-state index contributed by atoms with van der Waals surface area (Å²) in [6, 6.07) is -0.415. The molecule has 0 unspecified atom stereocenters. The summed E-state index contributed by atoms with van der Waals surface area (Å²) in [7, 11) is 0. The van der Waals surface area contributed by atoms with E-state index in [2.05, 4.69) is 20.2 Å². The largest absolute Gasteiger partial charge is 0.462 e. The quantitative estimate of drug-likeness (QED) is 0.645. The van der Waals surface area contributed by atoms with Crippen molar-refractivity contribution in [3.05, 3.63) is 22.3 Å². The van der Waals surface area contributed by atoms with Gasteiger partial charge in [-0.05, 0) is 36.6 Å². The minimum Gasteiger partial charge on any atom is -0.462 e. The van der Waals surface area contributed by atoms with Crippen LogP contribution < -0.4 is 10.6 Å². The molecule has 2 rings (SSSR count). The summed E-state index contributed by atoms with van der Waals surface area (Å²) in [5, 5.41) is 12.2. The van der Waals surface area contributed by atoms with Gasteiger partial charge in [-0.25, -0.2) is 4.79 Å². The molecule has 0 fully saturated rings. The molecule has 0 aliphatic carbocycles. The van der Waals surface area contributed by atoms with Crippen LogP contribution in [-0.4, -0.2) is 27.3 Å². The molecule has 108 valence electrons. The summed E-state index contributed by atoms with van der Waals surface area (Å²) < 4.78 is 9.14. The second-order valence-electron chi connectivity index (χ2n) is 4.89. The Labute approximate surface area is 126 Å². The van der Waals surface area contributed by atoms with Gasteiger partial charge in [0.1, 0.15) is 11.7 Å². The maximum absolute atomic E-state index is 12.3. The molecule has 8 heteroatoms. The first-order chi connectivity index (χ1) is 9.49. The highest BCUT2D eigenvalue weighted by Gasteiger charge is 2.32. The van der Waals surface area contributed by atoms with E-state index >= 15 is 0 Å². The number of rotatable bonds is 4. The summed E-state index contributed by atoms with van der Waals surface area (Å²) in [6.45, 7) is 6.15. The molecule has 1 aromatic heterocycles. The number of nitrogens with zero attached hydrogens (tertiary/aromatic N) is 2. The number of hydrogen-bond donors (Lipinski definition) is 2. The number of hydrogen-bond acceptors (Lipinski definition) is 6. The van der Waals surface area contributed by atoms with Crippen LogP contribution in [0.1, 0.15) is 32.5 Å². The van der Waals surface area contributed by atoms with Crippen molar-refractivity contribution in [2.45, 2.75) is 26.8 Å². The maximum atomic E-state index is 12.3. The molecule has 2 heterocycles. The highest BCUT2D eigenvalue weighted by atomic mass is 32.1. The second-order valence-corrected chi connectivity index (χ2v) is 5.91. The van der Waals surface area contributed by atoms with Crippen molar-refractivity contribution in [1.29, 1.82) is 0 Å². The number of esters is 1. The first kappa shape index (κ1) is 14.9. The average molecular weight is 312 g/mol. The van der Waals surface area contributed by atoms with Crippen LogP contribution in [0.25, 0.3) is 0 Å². The molecule has 0 saturated heterocycles. The molecular formula is C12H16N4O2S2. The van der Waals surface area contributed by atoms with Gasteiger partial charge in [0.15, 0.2) is 5.11 Å². The number of carbonyl (C=O) groups excluding carboxylic acids is 1. The normalized spacial score (nSPS) is 18.8. The molecule has 0 radical (unpaired) electrons. The number of aromatic nitrogens is 2. The summed E-state index contributed by atoms with van der Waals surface area (Å²) >= 11 is 6.35. The third-order valence-electron chi connectivity index (χ3n) is 2.71. The lowest BCUT2D eigenvalue weighted by Gasteiger charge is -2.28. The Morgan fingerprint density at radius 3 is 2.95 bits per heavy atom. The Kier molecular flexibility index (Phi) is 4.66. The monoisotopic (exact) mass is 312 g/mol. The van der Waals surface area contributed by atoms with E-state index in [1.807, 2.05) is 13.8 Å². The van der Waals surface area contributed by atoms with Crippen LogP contribution in [0.4, 0.5) is 0 Å². The third-order valence-corrected chi connectivity index (χ3v) is 3.45. The molecular weight excluding hydrogens is 296 g/mol. The summed E-state index contributed by atoms with van der Waals surface area (Å²) in [5.74, 6) is -0.0819. The van der Waals surface area contributed by atoms with Crippen LogP contribution >= 0.6 is 23.8 Å². The first-order valence-corrected chi connectivity index (χ1v) is 7.46. The number of allylic oxidation sites excluding steroid dienone is 1. The Bertz CT molecular complexity index is 540. The molecule has 1 aliphatic rings. The van der Waals surface area contributed by atoms with E-state index in [4.69, 9.17) is 17.0 Å². The van der Waals surface area contributed by atoms with Gasteiger partial charge in [-0.2, -0.15) is 0 Å². The Morgan fingerprint density at radius 2 is 2.35 bits per heavy atom. The van der Waals surface area contributed by atoms with E-state index in [0.717, 1.165) is 0 Å². The van der Waals surface area contributed by atoms with Crippen LogP contribution in [-0.2, 0) is 9.53 Å². The fourth-order valence-corrected chi connectivity index (χ4v) is 2.55. The van der Waals surface area contributed by atoms with Gasteiger partial charge >= 0.3 is 5.97 Å². The van der Waals surface area contributed by atoms with E-state index in [1.54, 1.807) is 12.3 Å². The van der Waals surface area contributed by atoms with E-state index < -0.39 is 6.04 Å². The fourth-order valence-electron chi connectivity index (χ4n) is 1.80. The van der Waals surface area contributed by atoms with Gasteiger partial charge in [-0.3, -0.25) is 0 Å². The Hall–Kier alpha value is -1.54. The minimum absolute atomic E-state index is 0.282. The van der Waals surface area contributed by atoms with Gasteiger partial charge in [0.2, 0.25) is 0 Å². The van der Waals surface area contributed by atoms with E-state index in [-0.39, 0.29) is 11.9 Å². The molecule has 2 N–H and O–H groups in total. The molecule has 6 nitrogen and oxygen atoms in total.